The van der Waals surface area contributed by atoms with Crippen LogP contribution in [0.2, 0.25) is 10.0 Å². The van der Waals surface area contributed by atoms with Gasteiger partial charge in [0.25, 0.3) is 0 Å². The third-order valence-corrected chi connectivity index (χ3v) is 6.46. The number of aromatic nitrogens is 4. The van der Waals surface area contributed by atoms with E-state index in [9.17, 15) is 4.79 Å². The zero-order valence-corrected chi connectivity index (χ0v) is 21.2. The molecule has 184 valence electrons. The van der Waals surface area contributed by atoms with Crippen molar-refractivity contribution in [2.75, 3.05) is 32.2 Å². The summed E-state index contributed by atoms with van der Waals surface area (Å²) in [4.78, 5) is 17.2. The van der Waals surface area contributed by atoms with Crippen molar-refractivity contribution in [3.63, 3.8) is 0 Å². The number of rotatable bonds is 12. The minimum atomic E-state index is 0.00539. The average molecular weight is 516 g/mol. The Morgan fingerprint density at radius 3 is 2.77 bits per heavy atom. The number of carbonyl (C=O) groups excluding carboxylic acids is 1. The number of fused-ring (bicyclic) bond motifs is 3. The zero-order valence-electron chi connectivity index (χ0n) is 19.7. The quantitative estimate of drug-likeness (QED) is 0.189. The number of aryl methyl sites for hydroxylation is 1. The molecule has 2 aromatic heterocycles. The van der Waals surface area contributed by atoms with Crippen molar-refractivity contribution in [1.29, 1.82) is 0 Å². The summed E-state index contributed by atoms with van der Waals surface area (Å²) in [6.07, 6.45) is 2.93. The summed E-state index contributed by atoms with van der Waals surface area (Å²) < 4.78 is 12.8. The molecule has 35 heavy (non-hydrogen) atoms. The number of benzene rings is 2. The number of ether oxygens (including phenoxy) is 2. The van der Waals surface area contributed by atoms with Gasteiger partial charge in [-0.25, -0.2) is 4.98 Å². The number of methoxy groups -OCH3 is 1. The number of Topliss-reactive ketones (excluding diaryl/α,β-unsaturated/α-hetero) is 1. The molecule has 0 amide bonds. The van der Waals surface area contributed by atoms with E-state index in [0.29, 0.717) is 53.3 Å². The Hall–Kier alpha value is -2.94. The predicted octanol–water partition coefficient (Wildman–Crippen LogP) is 5.77. The standard InChI is InChI=1S/C25H27Cl2N5O3/c1-16-30-31-25-24(29-20-15-17(35-14-13-34-2)10-11-21(20)32(16)25)28-12-5-3-4-9-22(33)18-7-6-8-19(26)23(18)27/h6-8,10-11,15H,3-5,9,12-14H2,1-2H3,(H,28,29). The molecular weight excluding hydrogens is 489 g/mol. The van der Waals surface area contributed by atoms with Crippen molar-refractivity contribution in [2.45, 2.75) is 32.6 Å². The maximum absolute atomic E-state index is 12.5. The fourth-order valence-electron chi connectivity index (χ4n) is 3.86. The Morgan fingerprint density at radius 2 is 1.94 bits per heavy atom. The molecule has 0 unspecified atom stereocenters. The summed E-state index contributed by atoms with van der Waals surface area (Å²) in [5, 5.41) is 12.6. The second-order valence-electron chi connectivity index (χ2n) is 8.12. The highest BCUT2D eigenvalue weighted by Gasteiger charge is 2.14. The lowest BCUT2D eigenvalue weighted by atomic mass is 10.0. The molecule has 0 bridgehead atoms. The average Bonchev–Trinajstić information content (AvgIpc) is 3.24. The number of ketones is 1. The predicted molar refractivity (Wildman–Crippen MR) is 138 cm³/mol. The fraction of sp³-hybridized carbons (Fsp3) is 0.360. The Kier molecular flexibility index (Phi) is 8.38. The fourth-order valence-corrected chi connectivity index (χ4v) is 4.26. The van der Waals surface area contributed by atoms with Crippen LogP contribution in [0, 0.1) is 6.92 Å². The van der Waals surface area contributed by atoms with E-state index in [1.165, 1.54) is 0 Å². The summed E-state index contributed by atoms with van der Waals surface area (Å²) >= 11 is 12.2. The highest BCUT2D eigenvalue weighted by atomic mass is 35.5. The van der Waals surface area contributed by atoms with Gasteiger partial charge >= 0.3 is 0 Å². The van der Waals surface area contributed by atoms with Gasteiger partial charge in [-0.15, -0.1) is 10.2 Å². The first-order valence-electron chi connectivity index (χ1n) is 11.5. The van der Waals surface area contributed by atoms with Crippen LogP contribution in [0.15, 0.2) is 36.4 Å². The highest BCUT2D eigenvalue weighted by Crippen LogP contribution is 2.27. The SMILES string of the molecule is COCCOc1ccc2c(c1)nc(NCCCCCC(=O)c1cccc(Cl)c1Cl)c1nnc(C)n12. The van der Waals surface area contributed by atoms with Gasteiger partial charge in [-0.2, -0.15) is 0 Å². The Bertz CT molecular complexity index is 1340. The minimum Gasteiger partial charge on any atom is -0.491 e. The van der Waals surface area contributed by atoms with Crippen LogP contribution in [0.1, 0.15) is 41.9 Å². The molecule has 10 heteroatoms. The van der Waals surface area contributed by atoms with Gasteiger partial charge in [0.1, 0.15) is 18.2 Å². The third kappa shape index (κ3) is 5.83. The molecule has 4 aromatic rings. The van der Waals surface area contributed by atoms with Gasteiger partial charge in [-0.05, 0) is 44.0 Å². The van der Waals surface area contributed by atoms with E-state index in [0.717, 1.165) is 41.9 Å². The van der Waals surface area contributed by atoms with Gasteiger partial charge in [0.15, 0.2) is 11.6 Å². The van der Waals surface area contributed by atoms with E-state index in [1.807, 2.05) is 29.5 Å². The molecule has 0 radical (unpaired) electrons. The number of hydrogen-bond acceptors (Lipinski definition) is 7. The van der Waals surface area contributed by atoms with E-state index in [1.54, 1.807) is 25.3 Å². The van der Waals surface area contributed by atoms with Crippen molar-refractivity contribution < 1.29 is 14.3 Å². The molecule has 0 aliphatic carbocycles. The summed E-state index contributed by atoms with van der Waals surface area (Å²) in [6, 6.07) is 10.9. The number of nitrogens with one attached hydrogen (secondary N) is 1. The first-order valence-corrected chi connectivity index (χ1v) is 12.2. The Balaban J connectivity index is 1.37. The monoisotopic (exact) mass is 515 g/mol. The molecule has 0 spiro atoms. The number of halogens is 2. The molecule has 0 saturated heterocycles. The van der Waals surface area contributed by atoms with Gasteiger partial charge in [-0.3, -0.25) is 9.20 Å². The van der Waals surface area contributed by atoms with E-state index in [4.69, 9.17) is 37.7 Å². The molecule has 0 saturated carbocycles. The van der Waals surface area contributed by atoms with Crippen LogP contribution >= 0.6 is 23.2 Å². The molecule has 1 N–H and O–H groups in total. The normalized spacial score (nSPS) is 11.3. The lowest BCUT2D eigenvalue weighted by molar-refractivity contribution is 0.0979. The summed E-state index contributed by atoms with van der Waals surface area (Å²) in [7, 11) is 1.64. The molecule has 0 aliphatic rings. The maximum atomic E-state index is 12.5. The second kappa shape index (κ2) is 11.7. The van der Waals surface area contributed by atoms with Gasteiger partial charge in [0.2, 0.25) is 5.65 Å². The van der Waals surface area contributed by atoms with E-state index >= 15 is 0 Å². The Labute approximate surface area is 213 Å². The first kappa shape index (κ1) is 25.2. The third-order valence-electron chi connectivity index (χ3n) is 5.64. The lowest BCUT2D eigenvalue weighted by Gasteiger charge is -2.11. The maximum Gasteiger partial charge on any atom is 0.204 e. The largest absolute Gasteiger partial charge is 0.491 e. The molecule has 4 rings (SSSR count). The number of unbranched alkanes of at least 4 members (excludes halogenated alkanes) is 2. The topological polar surface area (TPSA) is 90.6 Å². The van der Waals surface area contributed by atoms with Crippen LogP contribution in [0.4, 0.5) is 5.82 Å². The van der Waals surface area contributed by atoms with Crippen molar-refractivity contribution in [3.8, 4) is 5.75 Å². The number of nitrogens with zero attached hydrogens (tertiary/aromatic N) is 4. The van der Waals surface area contributed by atoms with Crippen molar-refractivity contribution in [3.05, 3.63) is 57.8 Å². The van der Waals surface area contributed by atoms with Crippen LogP contribution < -0.4 is 10.1 Å². The van der Waals surface area contributed by atoms with Crippen LogP contribution in [-0.4, -0.2) is 52.2 Å². The number of carbonyl (C=O) groups is 1. The first-order chi connectivity index (χ1) is 17.0. The lowest BCUT2D eigenvalue weighted by Crippen LogP contribution is -2.08. The molecule has 0 aliphatic heterocycles. The molecular formula is C25H27Cl2N5O3. The van der Waals surface area contributed by atoms with E-state index in [-0.39, 0.29) is 5.78 Å². The molecule has 2 heterocycles. The van der Waals surface area contributed by atoms with Crippen molar-refractivity contribution in [1.82, 2.24) is 19.6 Å². The molecule has 0 atom stereocenters. The Morgan fingerprint density at radius 1 is 1.09 bits per heavy atom. The molecule has 0 fully saturated rings. The zero-order chi connectivity index (χ0) is 24.8. The summed E-state index contributed by atoms with van der Waals surface area (Å²) in [5.41, 5.74) is 2.84. The molecule has 2 aromatic carbocycles. The van der Waals surface area contributed by atoms with Crippen LogP contribution in [-0.2, 0) is 4.74 Å². The van der Waals surface area contributed by atoms with Gasteiger partial charge in [0, 0.05) is 31.7 Å². The van der Waals surface area contributed by atoms with Crippen LogP contribution in [0.25, 0.3) is 16.7 Å². The highest BCUT2D eigenvalue weighted by molar-refractivity contribution is 6.43. The van der Waals surface area contributed by atoms with Gasteiger partial charge in [-0.1, -0.05) is 35.7 Å². The minimum absolute atomic E-state index is 0.00539. The molecule has 8 nitrogen and oxygen atoms in total. The van der Waals surface area contributed by atoms with Crippen molar-refractivity contribution >= 4 is 51.5 Å². The smallest absolute Gasteiger partial charge is 0.204 e. The van der Waals surface area contributed by atoms with E-state index in [2.05, 4.69) is 15.5 Å². The second-order valence-corrected chi connectivity index (χ2v) is 8.91. The van der Waals surface area contributed by atoms with Gasteiger partial charge < -0.3 is 14.8 Å². The van der Waals surface area contributed by atoms with Crippen LogP contribution in [0.3, 0.4) is 0 Å². The van der Waals surface area contributed by atoms with Crippen molar-refractivity contribution in [2.24, 2.45) is 0 Å². The summed E-state index contributed by atoms with van der Waals surface area (Å²) in [5.74, 6) is 2.17. The summed E-state index contributed by atoms with van der Waals surface area (Å²) in [6.45, 7) is 3.58. The van der Waals surface area contributed by atoms with Crippen LogP contribution in [0.5, 0.6) is 5.75 Å². The number of hydrogen-bond donors (Lipinski definition) is 1. The van der Waals surface area contributed by atoms with E-state index < -0.39 is 0 Å². The van der Waals surface area contributed by atoms with Gasteiger partial charge in [0.05, 0.1) is 27.7 Å². The number of anilines is 1.